The number of aliphatic hydroxyl groups excluding tert-OH is 1. The molecule has 21 heavy (non-hydrogen) atoms. The van der Waals surface area contributed by atoms with Gasteiger partial charge in [-0.2, -0.15) is 0 Å². The van der Waals surface area contributed by atoms with E-state index in [-0.39, 0.29) is 11.6 Å². The Kier molecular flexibility index (Phi) is 4.92. The monoisotopic (exact) mass is 416 g/mol. The molecule has 0 amide bonds. The van der Waals surface area contributed by atoms with Crippen molar-refractivity contribution in [3.63, 3.8) is 0 Å². The number of nitrogens with zero attached hydrogens (tertiary/aromatic N) is 2. The summed E-state index contributed by atoms with van der Waals surface area (Å²) in [5, 5.41) is 20.5. The van der Waals surface area contributed by atoms with Crippen LogP contribution in [0.5, 0.6) is 11.6 Å². The summed E-state index contributed by atoms with van der Waals surface area (Å²) in [7, 11) is 0. The van der Waals surface area contributed by atoms with E-state index in [9.17, 15) is 15.2 Å². The summed E-state index contributed by atoms with van der Waals surface area (Å²) in [5.74, 6) is 0.587. The molecule has 2 rings (SSSR count). The van der Waals surface area contributed by atoms with Crippen molar-refractivity contribution in [2.75, 3.05) is 0 Å². The second-order valence-electron chi connectivity index (χ2n) is 4.17. The molecular formula is C13H10Br2N2O4. The van der Waals surface area contributed by atoms with Crippen LogP contribution in [0.1, 0.15) is 18.6 Å². The number of halogens is 2. The summed E-state index contributed by atoms with van der Waals surface area (Å²) in [6.45, 7) is 1.60. The fourth-order valence-corrected chi connectivity index (χ4v) is 2.98. The largest absolute Gasteiger partial charge is 0.436 e. The summed E-state index contributed by atoms with van der Waals surface area (Å²) in [6, 6.07) is 6.06. The Hall–Kier alpha value is -1.51. The predicted molar refractivity (Wildman–Crippen MR) is 83.4 cm³/mol. The van der Waals surface area contributed by atoms with Gasteiger partial charge in [0.2, 0.25) is 5.88 Å². The van der Waals surface area contributed by atoms with Crippen LogP contribution in [0.25, 0.3) is 0 Å². The molecule has 0 saturated heterocycles. The first kappa shape index (κ1) is 15.9. The van der Waals surface area contributed by atoms with Crippen molar-refractivity contribution in [1.82, 2.24) is 4.98 Å². The summed E-state index contributed by atoms with van der Waals surface area (Å²) in [6.07, 6.45) is 0.790. The Labute approximate surface area is 137 Å². The highest BCUT2D eigenvalue weighted by Gasteiger charge is 2.18. The van der Waals surface area contributed by atoms with Gasteiger partial charge >= 0.3 is 0 Å². The second kappa shape index (κ2) is 6.50. The Morgan fingerprint density at radius 2 is 2.00 bits per heavy atom. The van der Waals surface area contributed by atoms with Crippen LogP contribution in [0.2, 0.25) is 0 Å². The minimum absolute atomic E-state index is 0.0714. The number of aromatic nitrogens is 1. The Morgan fingerprint density at radius 3 is 2.52 bits per heavy atom. The van der Waals surface area contributed by atoms with Gasteiger partial charge in [0.05, 0.1) is 20.0 Å². The molecule has 0 aliphatic carbocycles. The fourth-order valence-electron chi connectivity index (χ4n) is 1.65. The highest BCUT2D eigenvalue weighted by atomic mass is 79.9. The number of aliphatic hydroxyl groups is 1. The molecule has 0 radical (unpaired) electrons. The van der Waals surface area contributed by atoms with Gasteiger partial charge in [-0.3, -0.25) is 10.1 Å². The van der Waals surface area contributed by atoms with Crippen LogP contribution in [0.4, 0.5) is 5.69 Å². The Bertz CT molecular complexity index is 669. The van der Waals surface area contributed by atoms with Crippen molar-refractivity contribution in [1.29, 1.82) is 0 Å². The van der Waals surface area contributed by atoms with E-state index < -0.39 is 11.0 Å². The van der Waals surface area contributed by atoms with E-state index in [1.165, 1.54) is 18.3 Å². The average molecular weight is 418 g/mol. The van der Waals surface area contributed by atoms with Crippen LogP contribution < -0.4 is 4.74 Å². The molecule has 2 aromatic rings. The number of nitro groups is 1. The van der Waals surface area contributed by atoms with Gasteiger partial charge in [0.25, 0.3) is 5.69 Å². The second-order valence-corrected chi connectivity index (χ2v) is 5.88. The Balaban J connectivity index is 2.43. The lowest BCUT2D eigenvalue weighted by molar-refractivity contribution is -0.385. The summed E-state index contributed by atoms with van der Waals surface area (Å²) < 4.78 is 6.50. The third kappa shape index (κ3) is 3.58. The van der Waals surface area contributed by atoms with Crippen molar-refractivity contribution in [2.45, 2.75) is 13.0 Å². The van der Waals surface area contributed by atoms with Crippen LogP contribution in [0.3, 0.4) is 0 Å². The smallest absolute Gasteiger partial charge is 0.271 e. The molecule has 0 fully saturated rings. The highest BCUT2D eigenvalue weighted by molar-refractivity contribution is 9.11. The lowest BCUT2D eigenvalue weighted by Gasteiger charge is -2.13. The molecule has 0 saturated carbocycles. The van der Waals surface area contributed by atoms with Crippen molar-refractivity contribution < 1.29 is 14.8 Å². The predicted octanol–water partition coefficient (Wildman–Crippen LogP) is 4.36. The van der Waals surface area contributed by atoms with Crippen LogP contribution >= 0.6 is 31.9 Å². The van der Waals surface area contributed by atoms with E-state index in [1.54, 1.807) is 19.1 Å². The Morgan fingerprint density at radius 1 is 1.38 bits per heavy atom. The minimum atomic E-state index is -0.746. The molecule has 110 valence electrons. The molecule has 1 aromatic heterocycles. The van der Waals surface area contributed by atoms with E-state index in [1.807, 2.05) is 0 Å². The number of pyridine rings is 1. The molecule has 0 spiro atoms. The molecule has 1 aromatic carbocycles. The van der Waals surface area contributed by atoms with Crippen LogP contribution in [-0.4, -0.2) is 15.0 Å². The van der Waals surface area contributed by atoms with Crippen LogP contribution in [-0.2, 0) is 0 Å². The van der Waals surface area contributed by atoms with E-state index in [0.717, 1.165) is 0 Å². The minimum Gasteiger partial charge on any atom is -0.436 e. The zero-order chi connectivity index (χ0) is 15.6. The zero-order valence-corrected chi connectivity index (χ0v) is 14.0. The lowest BCUT2D eigenvalue weighted by Crippen LogP contribution is -1.99. The molecule has 1 atom stereocenters. The first-order valence-electron chi connectivity index (χ1n) is 5.84. The molecule has 6 nitrogen and oxygen atoms in total. The van der Waals surface area contributed by atoms with Gasteiger partial charge in [0.1, 0.15) is 0 Å². The van der Waals surface area contributed by atoms with E-state index in [4.69, 9.17) is 4.74 Å². The number of ether oxygens (including phenoxy) is 1. The molecule has 0 aliphatic heterocycles. The topological polar surface area (TPSA) is 85.5 Å². The summed E-state index contributed by atoms with van der Waals surface area (Å²) in [4.78, 5) is 14.4. The number of non-ortho nitro benzene ring substituents is 1. The van der Waals surface area contributed by atoms with Gasteiger partial charge in [-0.25, -0.2) is 4.98 Å². The molecule has 0 bridgehead atoms. The van der Waals surface area contributed by atoms with Gasteiger partial charge in [-0.05, 0) is 50.9 Å². The molecule has 1 unspecified atom stereocenters. The van der Waals surface area contributed by atoms with Crippen LogP contribution in [0.15, 0.2) is 39.4 Å². The number of nitro benzene ring substituents is 1. The van der Waals surface area contributed by atoms with E-state index >= 15 is 0 Å². The summed E-state index contributed by atoms with van der Waals surface area (Å²) >= 11 is 6.47. The molecule has 8 heteroatoms. The van der Waals surface area contributed by atoms with Crippen molar-refractivity contribution >= 4 is 37.5 Å². The van der Waals surface area contributed by atoms with Gasteiger partial charge < -0.3 is 9.84 Å². The van der Waals surface area contributed by atoms with Gasteiger partial charge in [-0.1, -0.05) is 0 Å². The molecule has 1 heterocycles. The maximum absolute atomic E-state index is 10.8. The van der Waals surface area contributed by atoms with Crippen molar-refractivity contribution in [3.05, 3.63) is 55.1 Å². The zero-order valence-electron chi connectivity index (χ0n) is 10.8. The van der Waals surface area contributed by atoms with E-state index in [2.05, 4.69) is 36.8 Å². The number of benzene rings is 1. The van der Waals surface area contributed by atoms with Crippen molar-refractivity contribution in [3.8, 4) is 11.6 Å². The van der Waals surface area contributed by atoms with Gasteiger partial charge in [0.15, 0.2) is 5.75 Å². The maximum Gasteiger partial charge on any atom is 0.271 e. The number of hydrogen-bond donors (Lipinski definition) is 1. The van der Waals surface area contributed by atoms with Gasteiger partial charge in [-0.15, -0.1) is 0 Å². The van der Waals surface area contributed by atoms with Crippen LogP contribution in [0, 0.1) is 10.1 Å². The maximum atomic E-state index is 10.8. The summed E-state index contributed by atoms with van der Waals surface area (Å²) in [5.41, 5.74) is 0.451. The van der Waals surface area contributed by atoms with Gasteiger partial charge in [0, 0.05) is 23.9 Å². The first-order valence-corrected chi connectivity index (χ1v) is 7.43. The number of hydrogen-bond acceptors (Lipinski definition) is 5. The fraction of sp³-hybridized carbons (Fsp3) is 0.154. The quantitative estimate of drug-likeness (QED) is 0.589. The molecule has 0 aliphatic rings. The highest BCUT2D eigenvalue weighted by Crippen LogP contribution is 2.40. The van der Waals surface area contributed by atoms with E-state index in [0.29, 0.717) is 20.3 Å². The SMILES string of the molecule is CC(O)c1cccnc1Oc1c(Br)cc([N+](=O)[O-])cc1Br. The standard InChI is InChI=1S/C13H10Br2N2O4/c1-7(18)9-3-2-4-16-13(9)21-12-10(14)5-8(17(19)20)6-11(12)15/h2-7,18H,1H3. The first-order chi connectivity index (χ1) is 9.90. The molecule has 1 N–H and O–H groups in total. The third-order valence-electron chi connectivity index (χ3n) is 2.64. The number of rotatable bonds is 4. The third-order valence-corrected chi connectivity index (χ3v) is 3.82. The van der Waals surface area contributed by atoms with Crippen molar-refractivity contribution in [2.24, 2.45) is 0 Å². The lowest BCUT2D eigenvalue weighted by atomic mass is 10.2. The average Bonchev–Trinajstić information content (AvgIpc) is 2.42. The molecular weight excluding hydrogens is 408 g/mol. The normalized spacial score (nSPS) is 12.0.